The van der Waals surface area contributed by atoms with Gasteiger partial charge in [-0.25, -0.2) is 9.97 Å². The smallest absolute Gasteiger partial charge is 0.159 e. The van der Waals surface area contributed by atoms with E-state index in [9.17, 15) is 0 Å². The Kier molecular flexibility index (Phi) is 11.1. The van der Waals surface area contributed by atoms with E-state index in [4.69, 9.17) is 9.47 Å². The standard InChI is InChI=1S/C30H40N2O2/c1-4-6-8-9-10-11-25-12-14-27(15-13-25)30-31-21-28(22-32-30)26-16-18-29(19-17-26)34-23-24(3)33-20-7-5-2/h12-19,21-22,24H,4-11,20,23H2,1-3H3. The van der Waals surface area contributed by atoms with Gasteiger partial charge in [0.2, 0.25) is 0 Å². The van der Waals surface area contributed by atoms with E-state index in [-0.39, 0.29) is 6.10 Å². The summed E-state index contributed by atoms with van der Waals surface area (Å²) in [6.45, 7) is 7.81. The Balaban J connectivity index is 1.50. The summed E-state index contributed by atoms with van der Waals surface area (Å²) in [4.78, 5) is 9.22. The first-order valence-corrected chi connectivity index (χ1v) is 13.0. The predicted molar refractivity (Wildman–Crippen MR) is 141 cm³/mol. The van der Waals surface area contributed by atoms with Gasteiger partial charge in [0.1, 0.15) is 12.4 Å². The molecule has 0 aliphatic carbocycles. The molecular formula is C30H40N2O2. The summed E-state index contributed by atoms with van der Waals surface area (Å²) >= 11 is 0. The highest BCUT2D eigenvalue weighted by Gasteiger charge is 2.06. The molecule has 0 bridgehead atoms. The third kappa shape index (κ3) is 8.57. The fourth-order valence-electron chi connectivity index (χ4n) is 3.81. The van der Waals surface area contributed by atoms with E-state index in [1.807, 2.05) is 43.6 Å². The predicted octanol–water partition coefficient (Wildman–Crippen LogP) is 7.91. The molecule has 0 saturated carbocycles. The van der Waals surface area contributed by atoms with Crippen LogP contribution in [0.4, 0.5) is 0 Å². The van der Waals surface area contributed by atoms with Crippen LogP contribution in [0.25, 0.3) is 22.5 Å². The summed E-state index contributed by atoms with van der Waals surface area (Å²) < 4.78 is 11.6. The molecule has 3 rings (SSSR count). The summed E-state index contributed by atoms with van der Waals surface area (Å²) in [5.74, 6) is 1.60. The summed E-state index contributed by atoms with van der Waals surface area (Å²) in [7, 11) is 0. The van der Waals surface area contributed by atoms with Gasteiger partial charge in [-0.15, -0.1) is 0 Å². The highest BCUT2D eigenvalue weighted by molar-refractivity contribution is 5.64. The molecule has 0 saturated heterocycles. The number of hydrogen-bond donors (Lipinski definition) is 0. The van der Waals surface area contributed by atoms with Crippen molar-refractivity contribution >= 4 is 0 Å². The van der Waals surface area contributed by atoms with Crippen molar-refractivity contribution in [1.82, 2.24) is 9.97 Å². The number of aryl methyl sites for hydroxylation is 1. The van der Waals surface area contributed by atoms with Gasteiger partial charge in [-0.05, 0) is 49.4 Å². The molecular weight excluding hydrogens is 420 g/mol. The van der Waals surface area contributed by atoms with Crippen molar-refractivity contribution in [1.29, 1.82) is 0 Å². The van der Waals surface area contributed by atoms with Gasteiger partial charge in [0.15, 0.2) is 5.82 Å². The minimum absolute atomic E-state index is 0.0898. The molecule has 3 aromatic rings. The quantitative estimate of drug-likeness (QED) is 0.216. The number of aromatic nitrogens is 2. The van der Waals surface area contributed by atoms with Gasteiger partial charge in [-0.2, -0.15) is 0 Å². The summed E-state index contributed by atoms with van der Waals surface area (Å²) in [6, 6.07) is 16.8. The third-order valence-electron chi connectivity index (χ3n) is 6.01. The average Bonchev–Trinajstić information content (AvgIpc) is 2.88. The normalized spacial score (nSPS) is 12.0. The average molecular weight is 461 g/mol. The lowest BCUT2D eigenvalue weighted by atomic mass is 10.0. The van der Waals surface area contributed by atoms with Crippen LogP contribution in [0.2, 0.25) is 0 Å². The zero-order valence-electron chi connectivity index (χ0n) is 21.1. The first kappa shape index (κ1) is 25.9. The number of unbranched alkanes of at least 4 members (excludes halogenated alkanes) is 5. The molecule has 0 aliphatic rings. The van der Waals surface area contributed by atoms with E-state index in [0.717, 1.165) is 54.1 Å². The van der Waals surface area contributed by atoms with Crippen molar-refractivity contribution in [3.05, 3.63) is 66.5 Å². The van der Waals surface area contributed by atoms with Gasteiger partial charge in [-0.1, -0.05) is 82.3 Å². The van der Waals surface area contributed by atoms with E-state index in [1.165, 1.54) is 37.7 Å². The lowest BCUT2D eigenvalue weighted by Crippen LogP contribution is -2.18. The Bertz CT molecular complexity index is 937. The van der Waals surface area contributed by atoms with E-state index in [2.05, 4.69) is 48.1 Å². The molecule has 182 valence electrons. The first-order valence-electron chi connectivity index (χ1n) is 13.0. The zero-order chi connectivity index (χ0) is 24.0. The molecule has 2 aromatic carbocycles. The van der Waals surface area contributed by atoms with E-state index < -0.39 is 0 Å². The Labute approximate surface area is 205 Å². The Morgan fingerprint density at radius 3 is 2.03 bits per heavy atom. The van der Waals surface area contributed by atoms with Gasteiger partial charge >= 0.3 is 0 Å². The highest BCUT2D eigenvalue weighted by Crippen LogP contribution is 2.23. The monoisotopic (exact) mass is 460 g/mol. The van der Waals surface area contributed by atoms with Gasteiger partial charge in [0, 0.05) is 30.1 Å². The van der Waals surface area contributed by atoms with Crippen molar-refractivity contribution in [2.45, 2.75) is 78.2 Å². The fourth-order valence-corrected chi connectivity index (χ4v) is 3.81. The molecule has 1 heterocycles. The number of nitrogens with zero attached hydrogens (tertiary/aromatic N) is 2. The van der Waals surface area contributed by atoms with Crippen LogP contribution in [0.15, 0.2) is 60.9 Å². The first-order chi connectivity index (χ1) is 16.7. The molecule has 4 nitrogen and oxygen atoms in total. The number of benzene rings is 2. The highest BCUT2D eigenvalue weighted by atomic mass is 16.5. The Morgan fingerprint density at radius 1 is 0.706 bits per heavy atom. The molecule has 0 aliphatic heterocycles. The van der Waals surface area contributed by atoms with Crippen LogP contribution in [-0.2, 0) is 11.2 Å². The van der Waals surface area contributed by atoms with Crippen molar-refractivity contribution in [2.24, 2.45) is 0 Å². The Morgan fingerprint density at radius 2 is 1.35 bits per heavy atom. The van der Waals surface area contributed by atoms with Crippen molar-refractivity contribution in [3.8, 4) is 28.3 Å². The lowest BCUT2D eigenvalue weighted by Gasteiger charge is -2.14. The van der Waals surface area contributed by atoms with Crippen molar-refractivity contribution in [3.63, 3.8) is 0 Å². The summed E-state index contributed by atoms with van der Waals surface area (Å²) in [5, 5.41) is 0. The van der Waals surface area contributed by atoms with Gasteiger partial charge in [0.25, 0.3) is 0 Å². The minimum Gasteiger partial charge on any atom is -0.491 e. The number of hydrogen-bond acceptors (Lipinski definition) is 4. The second-order valence-electron chi connectivity index (χ2n) is 9.03. The molecule has 0 amide bonds. The SMILES string of the molecule is CCCCCCCc1ccc(-c2ncc(-c3ccc(OCC(C)OCCCC)cc3)cn2)cc1. The molecule has 0 N–H and O–H groups in total. The molecule has 0 fully saturated rings. The van der Waals surface area contributed by atoms with Crippen LogP contribution >= 0.6 is 0 Å². The molecule has 1 atom stereocenters. The fraction of sp³-hybridized carbons (Fsp3) is 0.467. The van der Waals surface area contributed by atoms with Crippen LogP contribution in [0.5, 0.6) is 5.75 Å². The van der Waals surface area contributed by atoms with E-state index >= 15 is 0 Å². The topological polar surface area (TPSA) is 44.2 Å². The maximum absolute atomic E-state index is 5.86. The van der Waals surface area contributed by atoms with Crippen molar-refractivity contribution in [2.75, 3.05) is 13.2 Å². The van der Waals surface area contributed by atoms with Crippen LogP contribution in [-0.4, -0.2) is 29.3 Å². The maximum atomic E-state index is 5.86. The van der Waals surface area contributed by atoms with Crippen LogP contribution < -0.4 is 4.74 Å². The second-order valence-corrected chi connectivity index (χ2v) is 9.03. The molecule has 1 unspecified atom stereocenters. The Hall–Kier alpha value is -2.72. The van der Waals surface area contributed by atoms with Crippen molar-refractivity contribution < 1.29 is 9.47 Å². The zero-order valence-corrected chi connectivity index (χ0v) is 21.1. The van der Waals surface area contributed by atoms with E-state index in [1.54, 1.807) is 0 Å². The van der Waals surface area contributed by atoms with Crippen LogP contribution in [0.1, 0.15) is 71.3 Å². The molecule has 0 spiro atoms. The largest absolute Gasteiger partial charge is 0.491 e. The molecule has 0 radical (unpaired) electrons. The van der Waals surface area contributed by atoms with Gasteiger partial charge in [-0.3, -0.25) is 0 Å². The summed E-state index contributed by atoms with van der Waals surface area (Å²) in [5.41, 5.74) is 4.52. The molecule has 1 aromatic heterocycles. The van der Waals surface area contributed by atoms with Crippen LogP contribution in [0.3, 0.4) is 0 Å². The summed E-state index contributed by atoms with van der Waals surface area (Å²) in [6.07, 6.45) is 13.8. The van der Waals surface area contributed by atoms with E-state index in [0.29, 0.717) is 6.61 Å². The number of rotatable bonds is 15. The lowest BCUT2D eigenvalue weighted by molar-refractivity contribution is 0.0309. The van der Waals surface area contributed by atoms with Gasteiger partial charge < -0.3 is 9.47 Å². The second kappa shape index (κ2) is 14.5. The third-order valence-corrected chi connectivity index (χ3v) is 6.01. The van der Waals surface area contributed by atoms with Gasteiger partial charge in [0.05, 0.1) is 6.10 Å². The maximum Gasteiger partial charge on any atom is 0.159 e. The van der Waals surface area contributed by atoms with Crippen LogP contribution in [0, 0.1) is 0 Å². The number of ether oxygens (including phenoxy) is 2. The molecule has 4 heteroatoms. The molecule has 34 heavy (non-hydrogen) atoms. The minimum atomic E-state index is 0.0898.